The van der Waals surface area contributed by atoms with E-state index in [4.69, 9.17) is 24.0 Å². The molecular weight excluding hydrogens is 1330 g/mol. The van der Waals surface area contributed by atoms with Crippen molar-refractivity contribution in [2.24, 2.45) is 0 Å². The molecule has 5 heterocycles. The zero-order valence-electron chi connectivity index (χ0n) is 52.1. The molecule has 0 aromatic heterocycles. The lowest BCUT2D eigenvalue weighted by atomic mass is 9.93. The summed E-state index contributed by atoms with van der Waals surface area (Å²) >= 11 is 12.2. The van der Waals surface area contributed by atoms with Crippen molar-refractivity contribution >= 4 is 100 Å². The van der Waals surface area contributed by atoms with Gasteiger partial charge in [-0.3, -0.25) is 14.4 Å². The highest BCUT2D eigenvalue weighted by Crippen LogP contribution is 2.44. The fourth-order valence-electron chi connectivity index (χ4n) is 11.5. The van der Waals surface area contributed by atoms with Gasteiger partial charge in [0.05, 0.1) is 0 Å². The Hall–Kier alpha value is -8.18. The topological polar surface area (TPSA) is 80.7 Å². The molecule has 2 atom stereocenters. The molecule has 0 bridgehead atoms. The van der Waals surface area contributed by atoms with E-state index in [0.29, 0.717) is 11.1 Å². The van der Waals surface area contributed by atoms with E-state index in [1.54, 1.807) is 54.2 Å². The second-order valence-corrected chi connectivity index (χ2v) is 33.8. The fraction of sp³-hybridized carbons (Fsp3) is 0.134. The van der Waals surface area contributed by atoms with Gasteiger partial charge in [-0.15, -0.1) is 83.6 Å². The summed E-state index contributed by atoms with van der Waals surface area (Å²) in [6, 6.07) is 69.4. The number of benzene rings is 10. The van der Waals surface area contributed by atoms with Gasteiger partial charge >= 0.3 is 0 Å². The van der Waals surface area contributed by atoms with Gasteiger partial charge in [0.25, 0.3) is 0 Å². The fourth-order valence-corrected chi connectivity index (χ4v) is 17.9. The SMILES string of the molecule is C#Cc1cccc2c1C(=O)c1ccccc1SC2.C#Cc1cccc2c1C(O)c1ccccc1SC2.C#Cc1cccc2c1C(OC)c1ccccc1SC2.C[Si](C)(C)C#Cc1cccc2c1C(=O)c1ccccc1SC2.O=C1c2ccccc2SCc2cccc(Br)c21. The molecule has 10 aromatic carbocycles. The van der Waals surface area contributed by atoms with Crippen LogP contribution >= 0.6 is 74.7 Å². The summed E-state index contributed by atoms with van der Waals surface area (Å²) in [5.74, 6) is 15.9. The van der Waals surface area contributed by atoms with E-state index in [-0.39, 0.29) is 23.5 Å². The number of ether oxygens (including phenoxy) is 1. The van der Waals surface area contributed by atoms with Crippen LogP contribution in [0, 0.1) is 48.5 Å². The first-order valence-electron chi connectivity index (χ1n) is 30.3. The van der Waals surface area contributed by atoms with E-state index in [0.717, 1.165) is 136 Å². The van der Waals surface area contributed by atoms with Crippen molar-refractivity contribution in [3.05, 3.63) is 323 Å². The third-order valence-corrected chi connectivity index (χ3v) is 23.2. The van der Waals surface area contributed by atoms with E-state index in [2.05, 4.69) is 95.1 Å². The number of aliphatic hydroxyl groups excluding tert-OH is 1. The van der Waals surface area contributed by atoms with Crippen molar-refractivity contribution in [3.63, 3.8) is 0 Å². The number of methoxy groups -OCH3 is 1. The van der Waals surface area contributed by atoms with Crippen LogP contribution in [-0.4, -0.2) is 37.6 Å². The Kier molecular flexibility index (Phi) is 22.1. The third kappa shape index (κ3) is 15.0. The number of carbonyl (C=O) groups is 3. The van der Waals surface area contributed by atoms with Crippen LogP contribution in [0.4, 0.5) is 0 Å². The molecule has 5 aliphatic heterocycles. The largest absolute Gasteiger partial charge is 0.384 e. The lowest BCUT2D eigenvalue weighted by molar-refractivity contribution is 0.102. The minimum absolute atomic E-state index is 0.0409. The van der Waals surface area contributed by atoms with Gasteiger partial charge in [0.2, 0.25) is 0 Å². The molecule has 10 aromatic rings. The first-order valence-corrected chi connectivity index (χ1v) is 39.5. The Morgan fingerprint density at radius 1 is 0.415 bits per heavy atom. The van der Waals surface area contributed by atoms with E-state index < -0.39 is 14.2 Å². The van der Waals surface area contributed by atoms with E-state index >= 15 is 0 Å². The average Bonchev–Trinajstić information content (AvgIpc) is 1.73. The van der Waals surface area contributed by atoms with Crippen molar-refractivity contribution < 1.29 is 24.2 Å². The summed E-state index contributed by atoms with van der Waals surface area (Å²) in [4.78, 5) is 43.7. The summed E-state index contributed by atoms with van der Waals surface area (Å²) in [5.41, 5.74) is 21.1. The molecule has 0 radical (unpaired) electrons. The number of hydrogen-bond acceptors (Lipinski definition) is 10. The van der Waals surface area contributed by atoms with Crippen LogP contribution < -0.4 is 0 Å². The number of ketones is 3. The van der Waals surface area contributed by atoms with Crippen molar-refractivity contribution in [1.29, 1.82) is 0 Å². The smallest absolute Gasteiger partial charge is 0.195 e. The summed E-state index contributed by atoms with van der Waals surface area (Å²) in [7, 11) is 0.275. The molecule has 462 valence electrons. The highest BCUT2D eigenvalue weighted by molar-refractivity contribution is 9.10. The molecule has 0 saturated carbocycles. The molecule has 5 aliphatic rings. The van der Waals surface area contributed by atoms with Crippen molar-refractivity contribution in [3.8, 4) is 48.5 Å². The Labute approximate surface area is 582 Å². The zero-order valence-corrected chi connectivity index (χ0v) is 58.8. The molecule has 5 nitrogen and oxygen atoms in total. The first-order chi connectivity index (χ1) is 45.7. The van der Waals surface area contributed by atoms with Gasteiger partial charge in [-0.05, 0) is 118 Å². The Morgan fingerprint density at radius 3 is 1.26 bits per heavy atom. The van der Waals surface area contributed by atoms with Crippen LogP contribution in [0.25, 0.3) is 0 Å². The molecule has 12 heteroatoms. The number of terminal acetylenes is 3. The van der Waals surface area contributed by atoms with E-state index in [1.165, 1.54) is 16.0 Å². The molecule has 0 aliphatic carbocycles. The highest BCUT2D eigenvalue weighted by Gasteiger charge is 2.29. The predicted octanol–water partition coefficient (Wildman–Crippen LogP) is 19.9. The summed E-state index contributed by atoms with van der Waals surface area (Å²) in [6.45, 7) is 6.65. The normalized spacial score (nSPS) is 14.9. The summed E-state index contributed by atoms with van der Waals surface area (Å²) in [5, 5.41) is 10.6. The molecule has 0 spiro atoms. The summed E-state index contributed by atoms with van der Waals surface area (Å²) < 4.78 is 6.64. The van der Waals surface area contributed by atoms with Gasteiger partial charge in [0.15, 0.2) is 17.3 Å². The second-order valence-electron chi connectivity index (χ2n) is 23.2. The number of rotatable bonds is 1. The van der Waals surface area contributed by atoms with E-state index in [9.17, 15) is 19.5 Å². The lowest BCUT2D eigenvalue weighted by Gasteiger charge is -2.19. The van der Waals surface area contributed by atoms with Gasteiger partial charge in [0.1, 0.15) is 20.3 Å². The Balaban J connectivity index is 0.000000120. The van der Waals surface area contributed by atoms with Crippen LogP contribution in [-0.2, 0) is 33.5 Å². The molecule has 2 unspecified atom stereocenters. The number of thioether (sulfide) groups is 5. The number of hydrogen-bond donors (Lipinski definition) is 1. The van der Waals surface area contributed by atoms with Gasteiger partial charge in [-0.25, -0.2) is 0 Å². The first kappa shape index (κ1) is 67.2. The van der Waals surface area contributed by atoms with Crippen molar-refractivity contribution in [2.45, 2.75) is 85.1 Å². The summed E-state index contributed by atoms with van der Waals surface area (Å²) in [6.07, 6.45) is 16.0. The monoisotopic (exact) mass is 1390 g/mol. The van der Waals surface area contributed by atoms with Crippen LogP contribution in [0.1, 0.15) is 132 Å². The van der Waals surface area contributed by atoms with Gasteiger partial charge in [-0.1, -0.05) is 193 Å². The lowest BCUT2D eigenvalue weighted by Crippen LogP contribution is -2.16. The Morgan fingerprint density at radius 2 is 0.766 bits per heavy atom. The average molecular weight is 1400 g/mol. The number of carbonyl (C=O) groups excluding carboxylic acids is 3. The van der Waals surface area contributed by atoms with Crippen LogP contribution in [0.15, 0.2) is 241 Å². The number of fused-ring (bicyclic) bond motifs is 10. The van der Waals surface area contributed by atoms with E-state index in [1.807, 2.05) is 194 Å². The standard InChI is InChI=1S/C19H18OSSi.C17H14OS.C16H12OS.C16H10OS.C14H9BrOS/c1-22(2,3)12-11-14-7-6-8-15-13-21-17-10-5-4-9-16(17)19(20)18(14)15;1-3-12-7-6-8-13-11-19-15-10-5-4-9-14(15)17(18-2)16(12)13;2*1-2-11-6-5-7-12-10-18-14-9-4-3-8-13(14)16(17)15(11)12;15-11-6-3-4-9-8-17-12-7-2-1-5-10(12)14(16)13(9)11/h4-10H,13H2,1-3H3;1,4-10,17H,11H2,2H3;1,3-9,16-17H,10H2;1,3-9H,10H2;1-7H,8H2. The van der Waals surface area contributed by atoms with Gasteiger partial charge < -0.3 is 9.84 Å². The minimum Gasteiger partial charge on any atom is -0.384 e. The zero-order chi connectivity index (χ0) is 65.9. The third-order valence-electron chi connectivity index (χ3n) is 16.0. The number of halogens is 1. The van der Waals surface area contributed by atoms with Crippen molar-refractivity contribution in [1.82, 2.24) is 0 Å². The second kappa shape index (κ2) is 30.9. The molecule has 0 saturated heterocycles. The molecule has 0 amide bonds. The highest BCUT2D eigenvalue weighted by atomic mass is 79.9. The molecule has 1 N–H and O–H groups in total. The van der Waals surface area contributed by atoms with Crippen LogP contribution in [0.3, 0.4) is 0 Å². The number of aliphatic hydroxyl groups is 1. The van der Waals surface area contributed by atoms with Crippen molar-refractivity contribution in [2.75, 3.05) is 7.11 Å². The maximum atomic E-state index is 13.0. The van der Waals surface area contributed by atoms with Crippen LogP contribution in [0.5, 0.6) is 0 Å². The minimum atomic E-state index is -1.47. The molecular formula is C82H63BrO5S5Si. The Bertz CT molecular complexity index is 4780. The molecule has 15 rings (SSSR count). The van der Waals surface area contributed by atoms with Crippen LogP contribution in [0.2, 0.25) is 19.6 Å². The molecule has 94 heavy (non-hydrogen) atoms. The van der Waals surface area contributed by atoms with Gasteiger partial charge in [-0.2, -0.15) is 0 Å². The predicted molar refractivity (Wildman–Crippen MR) is 397 cm³/mol. The van der Waals surface area contributed by atoms with Gasteiger partial charge in [0, 0.05) is 132 Å². The molecule has 0 fully saturated rings. The quantitative estimate of drug-likeness (QED) is 0.127. The maximum absolute atomic E-state index is 13.0. The maximum Gasteiger partial charge on any atom is 0.195 e.